The van der Waals surface area contributed by atoms with E-state index >= 15 is 0 Å². The van der Waals surface area contributed by atoms with Crippen LogP contribution in [-0.4, -0.2) is 22.2 Å². The number of anilines is 1. The first-order chi connectivity index (χ1) is 9.16. The molecule has 0 saturated carbocycles. The first-order valence-corrected chi connectivity index (χ1v) is 5.90. The van der Waals surface area contributed by atoms with E-state index in [1.54, 1.807) is 4.90 Å². The summed E-state index contributed by atoms with van der Waals surface area (Å²) in [5, 5.41) is 3.60. The van der Waals surface area contributed by atoms with E-state index in [2.05, 4.69) is 5.10 Å². The largest absolute Gasteiger partial charge is 0.333 e. The molecule has 1 aromatic heterocycles. The fraction of sp³-hybridized carbons (Fsp3) is 0.231. The monoisotopic (exact) mass is 263 g/mol. The molecule has 3 rings (SSSR count). The van der Waals surface area contributed by atoms with Gasteiger partial charge in [-0.2, -0.15) is 13.9 Å². The summed E-state index contributed by atoms with van der Waals surface area (Å²) in [5.41, 5.74) is 1.96. The second kappa shape index (κ2) is 4.46. The van der Waals surface area contributed by atoms with Crippen LogP contribution in [0.1, 0.15) is 22.6 Å². The van der Waals surface area contributed by atoms with Gasteiger partial charge in [0.2, 0.25) is 0 Å². The van der Waals surface area contributed by atoms with E-state index in [1.807, 2.05) is 24.3 Å². The highest BCUT2D eigenvalue weighted by molar-refractivity contribution is 6.05. The fourth-order valence-corrected chi connectivity index (χ4v) is 2.25. The number of aromatic nitrogens is 2. The first kappa shape index (κ1) is 11.8. The second-order valence-corrected chi connectivity index (χ2v) is 4.29. The van der Waals surface area contributed by atoms with Crippen molar-refractivity contribution in [2.24, 2.45) is 0 Å². The smallest absolute Gasteiger partial charge is 0.306 e. The highest BCUT2D eigenvalue weighted by Gasteiger charge is 2.26. The van der Waals surface area contributed by atoms with Gasteiger partial charge in [-0.05, 0) is 24.1 Å². The molecule has 2 heterocycles. The summed E-state index contributed by atoms with van der Waals surface area (Å²) >= 11 is 0. The Morgan fingerprint density at radius 1 is 1.26 bits per heavy atom. The van der Waals surface area contributed by atoms with Crippen molar-refractivity contribution in [3.63, 3.8) is 0 Å². The maximum Gasteiger partial charge on any atom is 0.333 e. The van der Waals surface area contributed by atoms with Gasteiger partial charge in [0.05, 0.1) is 0 Å². The van der Waals surface area contributed by atoms with Crippen LogP contribution in [0.15, 0.2) is 36.5 Å². The summed E-state index contributed by atoms with van der Waals surface area (Å²) in [6.45, 7) is -2.17. The van der Waals surface area contributed by atoms with Gasteiger partial charge in [-0.25, -0.2) is 4.68 Å². The zero-order valence-electron chi connectivity index (χ0n) is 9.96. The first-order valence-electron chi connectivity index (χ1n) is 5.90. The Morgan fingerprint density at radius 3 is 2.79 bits per heavy atom. The lowest BCUT2D eigenvalue weighted by Gasteiger charge is -2.15. The van der Waals surface area contributed by atoms with Crippen molar-refractivity contribution in [2.45, 2.75) is 13.0 Å². The van der Waals surface area contributed by atoms with Crippen molar-refractivity contribution in [1.82, 2.24) is 9.78 Å². The van der Waals surface area contributed by atoms with Crippen LogP contribution in [0.25, 0.3) is 0 Å². The van der Waals surface area contributed by atoms with Crippen LogP contribution in [-0.2, 0) is 6.42 Å². The molecule has 1 aliphatic heterocycles. The van der Waals surface area contributed by atoms with Gasteiger partial charge in [0.15, 0.2) is 5.69 Å². The molecule has 1 aromatic carbocycles. The fourth-order valence-electron chi connectivity index (χ4n) is 2.25. The Morgan fingerprint density at radius 2 is 2.05 bits per heavy atom. The molecule has 0 spiro atoms. The maximum absolute atomic E-state index is 12.4. The topological polar surface area (TPSA) is 38.1 Å². The number of carbonyl (C=O) groups excluding carboxylic acids is 1. The molecule has 0 aliphatic carbocycles. The Balaban J connectivity index is 1.89. The van der Waals surface area contributed by atoms with E-state index in [0.717, 1.165) is 23.9 Å². The molecule has 0 N–H and O–H groups in total. The zero-order valence-corrected chi connectivity index (χ0v) is 9.96. The lowest BCUT2D eigenvalue weighted by Crippen LogP contribution is -2.29. The lowest BCUT2D eigenvalue weighted by atomic mass is 10.2. The molecule has 0 atom stereocenters. The van der Waals surface area contributed by atoms with Gasteiger partial charge in [-0.1, -0.05) is 18.2 Å². The van der Waals surface area contributed by atoms with Gasteiger partial charge in [-0.3, -0.25) is 4.79 Å². The number of hydrogen-bond donors (Lipinski definition) is 0. The molecule has 2 aromatic rings. The third-order valence-corrected chi connectivity index (χ3v) is 3.16. The van der Waals surface area contributed by atoms with Crippen molar-refractivity contribution < 1.29 is 13.6 Å². The molecule has 1 aliphatic rings. The normalized spacial score (nSPS) is 13.9. The minimum absolute atomic E-state index is 0.0389. The Kier molecular flexibility index (Phi) is 2.77. The van der Waals surface area contributed by atoms with Gasteiger partial charge < -0.3 is 4.90 Å². The van der Waals surface area contributed by atoms with Crippen LogP contribution < -0.4 is 4.90 Å². The Hall–Kier alpha value is -2.24. The van der Waals surface area contributed by atoms with Crippen LogP contribution in [0.3, 0.4) is 0 Å². The van der Waals surface area contributed by atoms with Crippen molar-refractivity contribution in [2.75, 3.05) is 11.4 Å². The number of para-hydroxylation sites is 1. The van der Waals surface area contributed by atoms with Crippen LogP contribution >= 0.6 is 0 Å². The minimum Gasteiger partial charge on any atom is -0.306 e. The number of carbonyl (C=O) groups is 1. The molecular formula is C13H11F2N3O. The molecular weight excluding hydrogens is 252 g/mol. The maximum atomic E-state index is 12.4. The van der Waals surface area contributed by atoms with Gasteiger partial charge in [0.25, 0.3) is 5.91 Å². The molecule has 1 amide bonds. The summed E-state index contributed by atoms with van der Waals surface area (Å²) in [6.07, 6.45) is 1.89. The average Bonchev–Trinajstić information content (AvgIpc) is 3.05. The van der Waals surface area contributed by atoms with E-state index < -0.39 is 6.55 Å². The number of amides is 1. The van der Waals surface area contributed by atoms with E-state index in [4.69, 9.17) is 0 Å². The standard InChI is InChI=1S/C13H11F2N3O/c14-13(15)18-8-6-10(16-18)12(19)17-7-5-9-3-1-2-4-11(9)17/h1-4,6,8,13H,5,7H2. The molecule has 19 heavy (non-hydrogen) atoms. The lowest BCUT2D eigenvalue weighted by molar-refractivity contribution is 0.0560. The summed E-state index contributed by atoms with van der Waals surface area (Å²) in [7, 11) is 0. The van der Waals surface area contributed by atoms with Crippen molar-refractivity contribution in [3.8, 4) is 0 Å². The predicted octanol–water partition coefficient (Wildman–Crippen LogP) is 2.48. The average molecular weight is 263 g/mol. The Labute approximate surface area is 108 Å². The van der Waals surface area contributed by atoms with Crippen molar-refractivity contribution >= 4 is 11.6 Å². The summed E-state index contributed by atoms with van der Waals surface area (Å²) in [4.78, 5) is 13.8. The molecule has 0 radical (unpaired) electrons. The van der Waals surface area contributed by atoms with Crippen LogP contribution in [0.4, 0.5) is 14.5 Å². The van der Waals surface area contributed by atoms with E-state index in [0.29, 0.717) is 11.2 Å². The molecule has 0 fully saturated rings. The molecule has 0 bridgehead atoms. The van der Waals surface area contributed by atoms with Crippen molar-refractivity contribution in [3.05, 3.63) is 47.8 Å². The van der Waals surface area contributed by atoms with Crippen LogP contribution in [0.2, 0.25) is 0 Å². The van der Waals surface area contributed by atoms with Gasteiger partial charge >= 0.3 is 6.55 Å². The zero-order chi connectivity index (χ0) is 13.4. The summed E-state index contributed by atoms with van der Waals surface area (Å²) in [6, 6.07) is 8.89. The molecule has 6 heteroatoms. The number of fused-ring (bicyclic) bond motifs is 1. The molecule has 98 valence electrons. The number of alkyl halides is 2. The van der Waals surface area contributed by atoms with Crippen molar-refractivity contribution in [1.29, 1.82) is 0 Å². The third-order valence-electron chi connectivity index (χ3n) is 3.16. The Bertz CT molecular complexity index is 624. The predicted molar refractivity (Wildman–Crippen MR) is 65.3 cm³/mol. The number of rotatable bonds is 2. The third kappa shape index (κ3) is 1.99. The summed E-state index contributed by atoms with van der Waals surface area (Å²) in [5.74, 6) is -0.343. The van der Waals surface area contributed by atoms with Crippen LogP contribution in [0, 0.1) is 0 Å². The van der Waals surface area contributed by atoms with Crippen LogP contribution in [0.5, 0.6) is 0 Å². The molecule has 4 nitrogen and oxygen atoms in total. The van der Waals surface area contributed by atoms with E-state index in [-0.39, 0.29) is 11.6 Å². The highest BCUT2D eigenvalue weighted by atomic mass is 19.3. The van der Waals surface area contributed by atoms with Gasteiger partial charge in [0.1, 0.15) is 0 Å². The minimum atomic E-state index is -2.73. The molecule has 0 saturated heterocycles. The second-order valence-electron chi connectivity index (χ2n) is 4.29. The number of benzene rings is 1. The quantitative estimate of drug-likeness (QED) is 0.834. The summed E-state index contributed by atoms with van der Waals surface area (Å²) < 4.78 is 25.4. The van der Waals surface area contributed by atoms with E-state index in [9.17, 15) is 13.6 Å². The number of halogens is 2. The number of hydrogen-bond acceptors (Lipinski definition) is 2. The van der Waals surface area contributed by atoms with E-state index in [1.165, 1.54) is 6.07 Å². The SMILES string of the molecule is O=C(c1ccn(C(F)F)n1)N1CCc2ccccc21. The highest BCUT2D eigenvalue weighted by Crippen LogP contribution is 2.28. The molecule has 0 unspecified atom stereocenters. The van der Waals surface area contributed by atoms with Gasteiger partial charge in [-0.15, -0.1) is 0 Å². The number of nitrogens with zero attached hydrogens (tertiary/aromatic N) is 3. The van der Waals surface area contributed by atoms with Gasteiger partial charge in [0, 0.05) is 18.4 Å².